The Morgan fingerprint density at radius 3 is 2.44 bits per heavy atom. The highest BCUT2D eigenvalue weighted by Crippen LogP contribution is 2.54. The standard InChI is InChI=1S/C22H31NO3.C4H6O4/c1-21(2,3)20(24)26-14-25-16-8-7-15-12-19-17-6-4-5-9-22(17,10-11-23-19)18(15)13-16;5-3(6)1-2-4(7)8/h7-8,13,17,19,23H,4-6,9-12,14H2,1-3H3;1-2H2,(H,5,6)(H,7,8)/t17-,19+,22-;/m1./s1. The predicted octanol–water partition coefficient (Wildman–Crippen LogP) is 3.89. The van der Waals surface area contributed by atoms with Gasteiger partial charge < -0.3 is 25.0 Å². The monoisotopic (exact) mass is 475 g/mol. The van der Waals surface area contributed by atoms with Gasteiger partial charge in [-0.15, -0.1) is 0 Å². The predicted molar refractivity (Wildman–Crippen MR) is 126 cm³/mol. The Hall–Kier alpha value is -2.61. The van der Waals surface area contributed by atoms with E-state index in [0.29, 0.717) is 11.5 Å². The number of ether oxygens (including phenoxy) is 2. The van der Waals surface area contributed by atoms with Crippen LogP contribution in [0.5, 0.6) is 5.75 Å². The summed E-state index contributed by atoms with van der Waals surface area (Å²) >= 11 is 0. The minimum absolute atomic E-state index is 0.0184. The van der Waals surface area contributed by atoms with E-state index in [1.807, 2.05) is 26.8 Å². The van der Waals surface area contributed by atoms with Crippen LogP contribution in [0.2, 0.25) is 0 Å². The average Bonchev–Trinajstić information content (AvgIpc) is 2.78. The van der Waals surface area contributed by atoms with Crippen LogP contribution in [0.3, 0.4) is 0 Å². The van der Waals surface area contributed by atoms with Crippen molar-refractivity contribution in [2.75, 3.05) is 13.3 Å². The van der Waals surface area contributed by atoms with Crippen molar-refractivity contribution < 1.29 is 34.1 Å². The zero-order valence-electron chi connectivity index (χ0n) is 20.4. The fourth-order valence-electron chi connectivity index (χ4n) is 5.57. The third-order valence-corrected chi connectivity index (χ3v) is 7.20. The number of carboxylic acids is 2. The molecular formula is C26H37NO7. The molecule has 8 heteroatoms. The normalized spacial score (nSPS) is 25.0. The summed E-state index contributed by atoms with van der Waals surface area (Å²) in [7, 11) is 0. The molecule has 0 aromatic heterocycles. The SMILES string of the molecule is CC(C)(C)C(=O)OCOc1ccc2c(c1)[C@@]13CCCC[C@@H]1[C@H](C2)NCC3.O=C(O)CCC(=O)O. The molecule has 1 saturated heterocycles. The Morgan fingerprint density at radius 1 is 1.09 bits per heavy atom. The van der Waals surface area contributed by atoms with Crippen molar-refractivity contribution in [1.82, 2.24) is 5.32 Å². The van der Waals surface area contributed by atoms with Crippen molar-refractivity contribution in [3.63, 3.8) is 0 Å². The molecule has 0 amide bonds. The number of fused-ring (bicyclic) bond motifs is 1. The summed E-state index contributed by atoms with van der Waals surface area (Å²) in [5, 5.41) is 19.6. The van der Waals surface area contributed by atoms with E-state index in [2.05, 4.69) is 17.4 Å². The molecule has 2 bridgehead atoms. The summed E-state index contributed by atoms with van der Waals surface area (Å²) in [6, 6.07) is 7.12. The average molecular weight is 476 g/mol. The van der Waals surface area contributed by atoms with E-state index in [-0.39, 0.29) is 25.6 Å². The van der Waals surface area contributed by atoms with E-state index in [4.69, 9.17) is 19.7 Å². The molecule has 1 aromatic carbocycles. The van der Waals surface area contributed by atoms with Crippen LogP contribution in [0.25, 0.3) is 0 Å². The van der Waals surface area contributed by atoms with Gasteiger partial charge in [0.05, 0.1) is 18.3 Å². The van der Waals surface area contributed by atoms with E-state index in [1.54, 1.807) is 0 Å². The highest BCUT2D eigenvalue weighted by atomic mass is 16.7. The molecule has 3 atom stereocenters. The lowest BCUT2D eigenvalue weighted by Crippen LogP contribution is -2.59. The van der Waals surface area contributed by atoms with Crippen LogP contribution in [0.15, 0.2) is 18.2 Å². The zero-order valence-corrected chi connectivity index (χ0v) is 20.4. The van der Waals surface area contributed by atoms with Gasteiger partial charge in [0.25, 0.3) is 0 Å². The van der Waals surface area contributed by atoms with Gasteiger partial charge in [0, 0.05) is 11.5 Å². The number of nitrogens with one attached hydrogen (secondary N) is 1. The second-order valence-corrected chi connectivity index (χ2v) is 10.6. The number of rotatable bonds is 6. The van der Waals surface area contributed by atoms with E-state index in [9.17, 15) is 14.4 Å². The first-order chi connectivity index (χ1) is 16.0. The summed E-state index contributed by atoms with van der Waals surface area (Å²) in [5.74, 6) is -0.810. The third kappa shape index (κ3) is 6.09. The number of hydrogen-bond donors (Lipinski definition) is 3. The quantitative estimate of drug-likeness (QED) is 0.418. The third-order valence-electron chi connectivity index (χ3n) is 7.20. The van der Waals surface area contributed by atoms with Crippen LogP contribution in [-0.2, 0) is 31.0 Å². The Balaban J connectivity index is 0.000000350. The van der Waals surface area contributed by atoms with E-state index >= 15 is 0 Å². The van der Waals surface area contributed by atoms with Crippen molar-refractivity contribution >= 4 is 17.9 Å². The van der Waals surface area contributed by atoms with Crippen LogP contribution in [0.1, 0.15) is 76.8 Å². The largest absolute Gasteiger partial charge is 0.481 e. The molecule has 1 heterocycles. The van der Waals surface area contributed by atoms with E-state index < -0.39 is 17.4 Å². The van der Waals surface area contributed by atoms with Crippen LogP contribution in [0.4, 0.5) is 0 Å². The Labute approximate surface area is 201 Å². The number of carbonyl (C=O) groups is 3. The molecular weight excluding hydrogens is 438 g/mol. The Morgan fingerprint density at radius 2 is 1.79 bits per heavy atom. The highest BCUT2D eigenvalue weighted by molar-refractivity contribution is 5.75. The van der Waals surface area contributed by atoms with Gasteiger partial charge >= 0.3 is 17.9 Å². The van der Waals surface area contributed by atoms with Crippen molar-refractivity contribution in [2.45, 2.75) is 83.6 Å². The maximum atomic E-state index is 11.9. The number of esters is 1. The molecule has 4 rings (SSSR count). The fourth-order valence-corrected chi connectivity index (χ4v) is 5.57. The molecule has 1 saturated carbocycles. The summed E-state index contributed by atoms with van der Waals surface area (Å²) in [6.45, 7) is 6.66. The van der Waals surface area contributed by atoms with Crippen molar-refractivity contribution in [2.24, 2.45) is 11.3 Å². The maximum Gasteiger partial charge on any atom is 0.314 e. The maximum absolute atomic E-state index is 11.9. The number of hydrogen-bond acceptors (Lipinski definition) is 6. The van der Waals surface area contributed by atoms with Crippen LogP contribution in [-0.4, -0.2) is 47.5 Å². The number of benzene rings is 1. The van der Waals surface area contributed by atoms with Crippen LogP contribution < -0.4 is 10.1 Å². The summed E-state index contributed by atoms with van der Waals surface area (Å²) in [6.07, 6.45) is 7.09. The topological polar surface area (TPSA) is 122 Å². The van der Waals surface area contributed by atoms with Gasteiger partial charge in [-0.3, -0.25) is 14.4 Å². The summed E-state index contributed by atoms with van der Waals surface area (Å²) in [5.41, 5.74) is 2.79. The van der Waals surface area contributed by atoms with Crippen LogP contribution in [0, 0.1) is 11.3 Å². The number of piperidine rings is 1. The number of aliphatic carboxylic acids is 2. The second-order valence-electron chi connectivity index (χ2n) is 10.6. The lowest BCUT2D eigenvalue weighted by molar-refractivity contribution is -0.159. The molecule has 8 nitrogen and oxygen atoms in total. The molecule has 3 N–H and O–H groups in total. The lowest BCUT2D eigenvalue weighted by atomic mass is 9.53. The van der Waals surface area contributed by atoms with Gasteiger partial charge in [-0.1, -0.05) is 18.9 Å². The number of carboxylic acid groups (broad SMARTS) is 2. The van der Waals surface area contributed by atoms with Crippen molar-refractivity contribution in [1.29, 1.82) is 0 Å². The molecule has 0 unspecified atom stereocenters. The lowest BCUT2D eigenvalue weighted by Gasteiger charge is -2.56. The first kappa shape index (κ1) is 26.0. The zero-order chi connectivity index (χ0) is 24.9. The molecule has 0 spiro atoms. The van der Waals surface area contributed by atoms with E-state index in [0.717, 1.165) is 24.6 Å². The van der Waals surface area contributed by atoms with E-state index in [1.165, 1.54) is 43.2 Å². The first-order valence-electron chi connectivity index (χ1n) is 12.1. The Bertz CT molecular complexity index is 889. The van der Waals surface area contributed by atoms with Crippen molar-refractivity contribution in [3.8, 4) is 5.75 Å². The molecule has 188 valence electrons. The van der Waals surface area contributed by atoms with Crippen molar-refractivity contribution in [3.05, 3.63) is 29.3 Å². The molecule has 2 fully saturated rings. The van der Waals surface area contributed by atoms with Crippen LogP contribution >= 0.6 is 0 Å². The van der Waals surface area contributed by atoms with Gasteiger partial charge in [-0.25, -0.2) is 0 Å². The molecule has 1 aromatic rings. The molecule has 2 aliphatic carbocycles. The van der Waals surface area contributed by atoms with Gasteiger partial charge in [0.15, 0.2) is 0 Å². The first-order valence-corrected chi connectivity index (χ1v) is 12.1. The molecule has 0 radical (unpaired) electrons. The molecule has 1 aliphatic heterocycles. The fraction of sp³-hybridized carbons (Fsp3) is 0.654. The smallest absolute Gasteiger partial charge is 0.314 e. The molecule has 3 aliphatic rings. The molecule has 34 heavy (non-hydrogen) atoms. The minimum Gasteiger partial charge on any atom is -0.481 e. The second kappa shape index (κ2) is 10.8. The number of carbonyl (C=O) groups excluding carboxylic acids is 1. The summed E-state index contributed by atoms with van der Waals surface area (Å²) in [4.78, 5) is 31.2. The van der Waals surface area contributed by atoms with Gasteiger partial charge in [0.2, 0.25) is 6.79 Å². The van der Waals surface area contributed by atoms with Gasteiger partial charge in [-0.05, 0) is 82.2 Å². The van der Waals surface area contributed by atoms with Gasteiger partial charge in [-0.2, -0.15) is 0 Å². The highest BCUT2D eigenvalue weighted by Gasteiger charge is 2.51. The Kier molecular flexibility index (Phi) is 8.23. The minimum atomic E-state index is -1.08. The van der Waals surface area contributed by atoms with Gasteiger partial charge in [0.1, 0.15) is 5.75 Å². The summed E-state index contributed by atoms with van der Waals surface area (Å²) < 4.78 is 11.1.